The quantitative estimate of drug-likeness (QED) is 0.734. The van der Waals surface area contributed by atoms with Crippen LogP contribution in [0.2, 0.25) is 0 Å². The van der Waals surface area contributed by atoms with Gasteiger partial charge in [-0.3, -0.25) is 0 Å². The predicted molar refractivity (Wildman–Crippen MR) is 50.8 cm³/mol. The standard InChI is InChI=1S/C8H11N3OS/c1-5(2)11-6(4-9)7(12)10-8(11)13-3/h5,12H,1-3H3. The molecule has 0 saturated carbocycles. The lowest BCUT2D eigenvalue weighted by molar-refractivity contribution is 0.451. The average molecular weight is 197 g/mol. The van der Waals surface area contributed by atoms with Crippen LogP contribution in [0, 0.1) is 11.3 Å². The summed E-state index contributed by atoms with van der Waals surface area (Å²) in [6.45, 7) is 3.89. The lowest BCUT2D eigenvalue weighted by Crippen LogP contribution is -2.04. The van der Waals surface area contributed by atoms with E-state index in [1.807, 2.05) is 26.2 Å². The van der Waals surface area contributed by atoms with Crippen LogP contribution in [-0.2, 0) is 0 Å². The number of nitriles is 1. The molecule has 1 aromatic heterocycles. The zero-order valence-corrected chi connectivity index (χ0v) is 8.59. The van der Waals surface area contributed by atoms with E-state index < -0.39 is 0 Å². The molecule has 1 heterocycles. The van der Waals surface area contributed by atoms with Crippen molar-refractivity contribution in [2.24, 2.45) is 0 Å². The Morgan fingerprint density at radius 1 is 1.62 bits per heavy atom. The highest BCUT2D eigenvalue weighted by molar-refractivity contribution is 7.98. The van der Waals surface area contributed by atoms with Crippen molar-refractivity contribution in [2.75, 3.05) is 6.26 Å². The molecular formula is C8H11N3OS. The van der Waals surface area contributed by atoms with Crippen LogP contribution >= 0.6 is 11.8 Å². The van der Waals surface area contributed by atoms with Crippen molar-refractivity contribution in [3.8, 4) is 11.9 Å². The molecule has 0 amide bonds. The Morgan fingerprint density at radius 3 is 2.62 bits per heavy atom. The molecule has 0 aromatic carbocycles. The summed E-state index contributed by atoms with van der Waals surface area (Å²) in [5.74, 6) is -0.180. The molecule has 70 valence electrons. The van der Waals surface area contributed by atoms with Gasteiger partial charge in [0.05, 0.1) is 0 Å². The van der Waals surface area contributed by atoms with E-state index in [1.165, 1.54) is 11.8 Å². The summed E-state index contributed by atoms with van der Waals surface area (Å²) >= 11 is 1.41. The van der Waals surface area contributed by atoms with Crippen molar-refractivity contribution in [3.63, 3.8) is 0 Å². The summed E-state index contributed by atoms with van der Waals surface area (Å²) in [6.07, 6.45) is 1.86. The van der Waals surface area contributed by atoms with E-state index in [0.717, 1.165) is 0 Å². The number of hydrogen-bond acceptors (Lipinski definition) is 4. The number of imidazole rings is 1. The molecule has 4 nitrogen and oxygen atoms in total. The Balaban J connectivity index is 3.34. The monoisotopic (exact) mass is 197 g/mol. The number of nitrogens with zero attached hydrogens (tertiary/aromatic N) is 3. The molecule has 1 aromatic rings. The largest absolute Gasteiger partial charge is 0.491 e. The van der Waals surface area contributed by atoms with Gasteiger partial charge in [0.1, 0.15) is 6.07 Å². The molecule has 0 aliphatic carbocycles. The van der Waals surface area contributed by atoms with Gasteiger partial charge in [-0.25, -0.2) is 0 Å². The Kier molecular flexibility index (Phi) is 2.83. The first kappa shape index (κ1) is 9.93. The van der Waals surface area contributed by atoms with Gasteiger partial charge in [0, 0.05) is 6.04 Å². The first-order valence-electron chi connectivity index (χ1n) is 3.87. The minimum absolute atomic E-state index is 0.130. The molecule has 13 heavy (non-hydrogen) atoms. The van der Waals surface area contributed by atoms with E-state index >= 15 is 0 Å². The fourth-order valence-corrected chi connectivity index (χ4v) is 1.80. The van der Waals surface area contributed by atoms with Crippen LogP contribution < -0.4 is 0 Å². The summed E-state index contributed by atoms with van der Waals surface area (Å²) in [6, 6.07) is 2.07. The van der Waals surface area contributed by atoms with Crippen LogP contribution in [0.25, 0.3) is 0 Å². The molecule has 0 saturated heterocycles. The fourth-order valence-electron chi connectivity index (χ4n) is 1.13. The molecule has 0 aliphatic heterocycles. The van der Waals surface area contributed by atoms with Gasteiger partial charge < -0.3 is 9.67 Å². The second kappa shape index (κ2) is 3.71. The predicted octanol–water partition coefficient (Wildman–Crippen LogP) is 1.76. The lowest BCUT2D eigenvalue weighted by atomic mass is 10.3. The number of hydrogen-bond donors (Lipinski definition) is 1. The van der Waals surface area contributed by atoms with Gasteiger partial charge in [0.15, 0.2) is 10.9 Å². The topological polar surface area (TPSA) is 61.8 Å². The van der Waals surface area contributed by atoms with Crippen molar-refractivity contribution in [2.45, 2.75) is 25.0 Å². The lowest BCUT2D eigenvalue weighted by Gasteiger charge is -2.09. The maximum absolute atomic E-state index is 9.32. The van der Waals surface area contributed by atoms with Crippen LogP contribution in [0.15, 0.2) is 5.16 Å². The smallest absolute Gasteiger partial charge is 0.249 e. The maximum atomic E-state index is 9.32. The van der Waals surface area contributed by atoms with Gasteiger partial charge in [0.25, 0.3) is 0 Å². The number of aromatic nitrogens is 2. The summed E-state index contributed by atoms with van der Waals surface area (Å²) in [7, 11) is 0. The van der Waals surface area contributed by atoms with Crippen LogP contribution in [0.3, 0.4) is 0 Å². The third kappa shape index (κ3) is 1.63. The molecule has 1 rings (SSSR count). The van der Waals surface area contributed by atoms with E-state index in [9.17, 15) is 5.11 Å². The summed E-state index contributed by atoms with van der Waals surface area (Å²) in [5.41, 5.74) is 0.236. The average Bonchev–Trinajstić information content (AvgIpc) is 2.41. The van der Waals surface area contributed by atoms with E-state index in [2.05, 4.69) is 4.98 Å². The summed E-state index contributed by atoms with van der Waals surface area (Å²) < 4.78 is 1.72. The molecule has 0 unspecified atom stereocenters. The van der Waals surface area contributed by atoms with Gasteiger partial charge in [0.2, 0.25) is 5.88 Å². The van der Waals surface area contributed by atoms with Gasteiger partial charge in [-0.05, 0) is 20.1 Å². The highest BCUT2D eigenvalue weighted by Crippen LogP contribution is 2.26. The normalized spacial score (nSPS) is 10.4. The molecule has 0 bridgehead atoms. The third-order valence-electron chi connectivity index (χ3n) is 1.67. The number of aromatic hydroxyl groups is 1. The van der Waals surface area contributed by atoms with Gasteiger partial charge >= 0.3 is 0 Å². The first-order chi connectivity index (χ1) is 6.11. The molecule has 1 N–H and O–H groups in total. The van der Waals surface area contributed by atoms with Crippen molar-refractivity contribution in [3.05, 3.63) is 5.69 Å². The van der Waals surface area contributed by atoms with Crippen molar-refractivity contribution in [1.82, 2.24) is 9.55 Å². The number of thioether (sulfide) groups is 1. The molecule has 0 radical (unpaired) electrons. The van der Waals surface area contributed by atoms with E-state index in [1.54, 1.807) is 4.57 Å². The van der Waals surface area contributed by atoms with Gasteiger partial charge in [-0.15, -0.1) is 0 Å². The highest BCUT2D eigenvalue weighted by Gasteiger charge is 2.17. The van der Waals surface area contributed by atoms with Crippen molar-refractivity contribution >= 4 is 11.8 Å². The minimum atomic E-state index is -0.180. The summed E-state index contributed by atoms with van der Waals surface area (Å²) in [4.78, 5) is 3.88. The zero-order valence-electron chi connectivity index (χ0n) is 7.77. The Labute approximate surface area is 81.2 Å². The summed E-state index contributed by atoms with van der Waals surface area (Å²) in [5, 5.41) is 18.8. The molecule has 5 heteroatoms. The van der Waals surface area contributed by atoms with Crippen LogP contribution in [0.5, 0.6) is 5.88 Å². The second-order valence-electron chi connectivity index (χ2n) is 2.85. The Hall–Kier alpha value is -1.15. The van der Waals surface area contributed by atoms with Crippen molar-refractivity contribution in [1.29, 1.82) is 5.26 Å². The van der Waals surface area contributed by atoms with Gasteiger partial charge in [-0.2, -0.15) is 10.2 Å². The second-order valence-corrected chi connectivity index (χ2v) is 3.62. The van der Waals surface area contributed by atoms with E-state index in [0.29, 0.717) is 5.16 Å². The first-order valence-corrected chi connectivity index (χ1v) is 5.09. The van der Waals surface area contributed by atoms with E-state index in [-0.39, 0.29) is 17.6 Å². The maximum Gasteiger partial charge on any atom is 0.249 e. The highest BCUT2D eigenvalue weighted by atomic mass is 32.2. The third-order valence-corrected chi connectivity index (χ3v) is 2.32. The molecule has 0 atom stereocenters. The molecule has 0 fully saturated rings. The Morgan fingerprint density at radius 2 is 2.23 bits per heavy atom. The van der Waals surface area contributed by atoms with Gasteiger partial charge in [-0.1, -0.05) is 11.8 Å². The Bertz CT molecular complexity index is 351. The molecule has 0 aliphatic rings. The fraction of sp³-hybridized carbons (Fsp3) is 0.500. The minimum Gasteiger partial charge on any atom is -0.491 e. The zero-order chi connectivity index (χ0) is 10.0. The van der Waals surface area contributed by atoms with Crippen LogP contribution in [0.4, 0.5) is 0 Å². The van der Waals surface area contributed by atoms with Crippen molar-refractivity contribution < 1.29 is 5.11 Å². The van der Waals surface area contributed by atoms with E-state index in [4.69, 9.17) is 5.26 Å². The molecular weight excluding hydrogens is 186 g/mol. The SMILES string of the molecule is CSc1nc(O)c(C#N)n1C(C)C. The van der Waals surface area contributed by atoms with Crippen LogP contribution in [-0.4, -0.2) is 20.9 Å². The van der Waals surface area contributed by atoms with Crippen LogP contribution in [0.1, 0.15) is 25.6 Å². The number of rotatable bonds is 2. The molecule has 0 spiro atoms.